The largest absolute Gasteiger partial charge is 0.493 e. The van der Waals surface area contributed by atoms with Crippen molar-refractivity contribution in [3.8, 4) is 11.5 Å². The van der Waals surface area contributed by atoms with Gasteiger partial charge in [-0.05, 0) is 32.4 Å². The van der Waals surface area contributed by atoms with E-state index in [4.69, 9.17) is 13.9 Å². The maximum Gasteiger partial charge on any atom is 0.336 e. The van der Waals surface area contributed by atoms with E-state index in [2.05, 4.69) is 6.08 Å². The average molecular weight is 274 g/mol. The van der Waals surface area contributed by atoms with Crippen LogP contribution in [0, 0.1) is 0 Å². The van der Waals surface area contributed by atoms with Crippen LogP contribution in [0.3, 0.4) is 0 Å². The molecule has 0 aliphatic carbocycles. The van der Waals surface area contributed by atoms with Gasteiger partial charge in [-0.1, -0.05) is 11.6 Å². The van der Waals surface area contributed by atoms with E-state index in [1.54, 1.807) is 20.3 Å². The lowest BCUT2D eigenvalue weighted by Crippen LogP contribution is -2.01. The highest BCUT2D eigenvalue weighted by atomic mass is 16.5. The lowest BCUT2D eigenvalue weighted by Gasteiger charge is -2.13. The summed E-state index contributed by atoms with van der Waals surface area (Å²) < 4.78 is 16.1. The first-order chi connectivity index (χ1) is 9.56. The number of methoxy groups -OCH3 is 2. The fraction of sp³-hybridized carbons (Fsp3) is 0.312. The summed E-state index contributed by atoms with van der Waals surface area (Å²) in [7, 11) is 3.17. The molecule has 0 atom stereocenters. The molecule has 0 fully saturated rings. The van der Waals surface area contributed by atoms with Crippen molar-refractivity contribution >= 4 is 11.0 Å². The summed E-state index contributed by atoms with van der Waals surface area (Å²) in [6.45, 7) is 4.04. The standard InChI is InChI=1S/C16H18O4/c1-10(2)5-7-12-15-11(6-8-14(17)20-15)9-13(18-3)16(12)19-4/h5-6,8-9H,7H2,1-4H3. The van der Waals surface area contributed by atoms with Crippen molar-refractivity contribution in [3.05, 3.63) is 45.8 Å². The van der Waals surface area contributed by atoms with Crippen molar-refractivity contribution in [3.63, 3.8) is 0 Å². The van der Waals surface area contributed by atoms with E-state index in [-0.39, 0.29) is 5.63 Å². The Hall–Kier alpha value is -2.23. The number of hydrogen-bond acceptors (Lipinski definition) is 4. The Balaban J connectivity index is 2.78. The second kappa shape index (κ2) is 5.82. The Morgan fingerprint density at radius 2 is 2.00 bits per heavy atom. The number of ether oxygens (including phenoxy) is 2. The highest BCUT2D eigenvalue weighted by Gasteiger charge is 2.16. The van der Waals surface area contributed by atoms with Gasteiger partial charge >= 0.3 is 5.63 Å². The Labute approximate surface area is 117 Å². The van der Waals surface area contributed by atoms with Gasteiger partial charge in [-0.15, -0.1) is 0 Å². The SMILES string of the molecule is COc1cc2ccc(=O)oc2c(CC=C(C)C)c1OC. The maximum absolute atomic E-state index is 11.5. The molecule has 4 nitrogen and oxygen atoms in total. The van der Waals surface area contributed by atoms with Crippen LogP contribution in [0.1, 0.15) is 19.4 Å². The summed E-state index contributed by atoms with van der Waals surface area (Å²) in [4.78, 5) is 11.5. The minimum Gasteiger partial charge on any atom is -0.493 e. The summed E-state index contributed by atoms with van der Waals surface area (Å²) in [6, 6.07) is 4.94. The van der Waals surface area contributed by atoms with Gasteiger partial charge in [0.2, 0.25) is 0 Å². The Morgan fingerprint density at radius 3 is 2.60 bits per heavy atom. The molecule has 1 heterocycles. The molecule has 0 radical (unpaired) electrons. The van der Waals surface area contributed by atoms with Crippen molar-refractivity contribution in [2.24, 2.45) is 0 Å². The van der Waals surface area contributed by atoms with Gasteiger partial charge in [0.05, 0.1) is 14.2 Å². The molecule has 1 aromatic heterocycles. The van der Waals surface area contributed by atoms with Crippen molar-refractivity contribution in [2.45, 2.75) is 20.3 Å². The lowest BCUT2D eigenvalue weighted by atomic mass is 10.0. The van der Waals surface area contributed by atoms with Crippen molar-refractivity contribution in [1.29, 1.82) is 0 Å². The highest BCUT2D eigenvalue weighted by molar-refractivity contribution is 5.85. The van der Waals surface area contributed by atoms with E-state index in [0.29, 0.717) is 23.5 Å². The quantitative estimate of drug-likeness (QED) is 0.634. The van der Waals surface area contributed by atoms with Gasteiger partial charge in [0.15, 0.2) is 11.5 Å². The lowest BCUT2D eigenvalue weighted by molar-refractivity contribution is 0.352. The molecule has 2 aromatic rings. The summed E-state index contributed by atoms with van der Waals surface area (Å²) in [5.41, 5.74) is 2.18. The molecule has 0 unspecified atom stereocenters. The second-order valence-electron chi connectivity index (χ2n) is 4.75. The molecule has 4 heteroatoms. The van der Waals surface area contributed by atoms with Gasteiger partial charge in [0, 0.05) is 17.0 Å². The molecule has 106 valence electrons. The first kappa shape index (κ1) is 14.2. The third-order valence-corrected chi connectivity index (χ3v) is 3.06. The minimum absolute atomic E-state index is 0.372. The van der Waals surface area contributed by atoms with Gasteiger partial charge in [0.25, 0.3) is 0 Å². The van der Waals surface area contributed by atoms with Gasteiger partial charge in [-0.25, -0.2) is 4.79 Å². The molecule has 2 rings (SSSR count). The van der Waals surface area contributed by atoms with Crippen LogP contribution in [0.15, 0.2) is 39.1 Å². The van der Waals surface area contributed by atoms with E-state index in [0.717, 1.165) is 10.9 Å². The molecule has 0 saturated carbocycles. The van der Waals surface area contributed by atoms with Gasteiger partial charge in [0.1, 0.15) is 5.58 Å². The Kier molecular flexibility index (Phi) is 4.13. The number of allylic oxidation sites excluding steroid dienone is 2. The third-order valence-electron chi connectivity index (χ3n) is 3.06. The monoisotopic (exact) mass is 274 g/mol. The van der Waals surface area contributed by atoms with Crippen LogP contribution in [0.5, 0.6) is 11.5 Å². The van der Waals surface area contributed by atoms with Crippen LogP contribution in [0.4, 0.5) is 0 Å². The fourth-order valence-electron chi connectivity index (χ4n) is 2.10. The zero-order chi connectivity index (χ0) is 14.7. The highest BCUT2D eigenvalue weighted by Crippen LogP contribution is 2.37. The zero-order valence-electron chi connectivity index (χ0n) is 12.1. The summed E-state index contributed by atoms with van der Waals surface area (Å²) >= 11 is 0. The Morgan fingerprint density at radius 1 is 1.25 bits per heavy atom. The van der Waals surface area contributed by atoms with Crippen LogP contribution in [-0.2, 0) is 6.42 Å². The van der Waals surface area contributed by atoms with Crippen molar-refractivity contribution in [1.82, 2.24) is 0 Å². The number of benzene rings is 1. The number of rotatable bonds is 4. The van der Waals surface area contributed by atoms with Crippen molar-refractivity contribution in [2.75, 3.05) is 14.2 Å². The first-order valence-corrected chi connectivity index (χ1v) is 6.38. The van der Waals surface area contributed by atoms with Gasteiger partial charge < -0.3 is 13.9 Å². The summed E-state index contributed by atoms with van der Waals surface area (Å²) in [5, 5.41) is 0.819. The van der Waals surface area contributed by atoms with Gasteiger partial charge in [-0.3, -0.25) is 0 Å². The van der Waals surface area contributed by atoms with Crippen LogP contribution < -0.4 is 15.1 Å². The zero-order valence-corrected chi connectivity index (χ0v) is 12.1. The molecule has 20 heavy (non-hydrogen) atoms. The smallest absolute Gasteiger partial charge is 0.336 e. The average Bonchev–Trinajstić information content (AvgIpc) is 2.43. The minimum atomic E-state index is -0.372. The topological polar surface area (TPSA) is 48.7 Å². The molecular formula is C16H18O4. The van der Waals surface area contributed by atoms with E-state index in [1.165, 1.54) is 11.6 Å². The summed E-state index contributed by atoms with van der Waals surface area (Å²) in [5.74, 6) is 1.23. The predicted molar refractivity (Wildman–Crippen MR) is 78.7 cm³/mol. The fourth-order valence-corrected chi connectivity index (χ4v) is 2.10. The molecule has 0 spiro atoms. The predicted octanol–water partition coefficient (Wildman–Crippen LogP) is 3.32. The first-order valence-electron chi connectivity index (χ1n) is 6.38. The molecule has 0 bridgehead atoms. The van der Waals surface area contributed by atoms with Gasteiger partial charge in [-0.2, -0.15) is 0 Å². The van der Waals surface area contributed by atoms with E-state index < -0.39 is 0 Å². The molecule has 1 aromatic carbocycles. The molecule has 0 saturated heterocycles. The molecule has 0 N–H and O–H groups in total. The van der Waals surface area contributed by atoms with Crippen molar-refractivity contribution < 1.29 is 13.9 Å². The Bertz CT molecular complexity index is 706. The molecule has 0 amide bonds. The number of hydrogen-bond donors (Lipinski definition) is 0. The van der Waals surface area contributed by atoms with Crippen LogP contribution in [0.25, 0.3) is 11.0 Å². The van der Waals surface area contributed by atoms with Crippen LogP contribution in [-0.4, -0.2) is 14.2 Å². The maximum atomic E-state index is 11.5. The third kappa shape index (κ3) is 2.69. The van der Waals surface area contributed by atoms with E-state index >= 15 is 0 Å². The van der Waals surface area contributed by atoms with Crippen LogP contribution >= 0.6 is 0 Å². The second-order valence-corrected chi connectivity index (χ2v) is 4.75. The number of fused-ring (bicyclic) bond motifs is 1. The van der Waals surface area contributed by atoms with Crippen LogP contribution in [0.2, 0.25) is 0 Å². The molecule has 0 aliphatic rings. The van der Waals surface area contributed by atoms with E-state index in [9.17, 15) is 4.79 Å². The molecular weight excluding hydrogens is 256 g/mol. The normalized spacial score (nSPS) is 10.4. The summed E-state index contributed by atoms with van der Waals surface area (Å²) in [6.07, 6.45) is 2.68. The molecule has 0 aliphatic heterocycles. The van der Waals surface area contributed by atoms with E-state index in [1.807, 2.05) is 19.9 Å².